The molecule has 0 aromatic heterocycles. The second-order valence-corrected chi connectivity index (χ2v) is 7.52. The molecule has 1 unspecified atom stereocenters. The lowest BCUT2D eigenvalue weighted by Crippen LogP contribution is -2.29. The summed E-state index contributed by atoms with van der Waals surface area (Å²) in [6, 6.07) is 4.47. The molecule has 0 heterocycles. The Bertz CT molecular complexity index is 619. The van der Waals surface area contributed by atoms with Gasteiger partial charge in [-0.05, 0) is 24.5 Å². The van der Waals surface area contributed by atoms with E-state index < -0.39 is 51.6 Å². The number of sulfone groups is 1. The summed E-state index contributed by atoms with van der Waals surface area (Å²) in [6.45, 7) is 1.42. The first kappa shape index (κ1) is 19.8. The van der Waals surface area contributed by atoms with Gasteiger partial charge in [0.15, 0.2) is 9.84 Å². The highest BCUT2D eigenvalue weighted by molar-refractivity contribution is 7.92. The van der Waals surface area contributed by atoms with Gasteiger partial charge < -0.3 is 0 Å². The van der Waals surface area contributed by atoms with Crippen LogP contribution in [-0.4, -0.2) is 25.6 Å². The fraction of sp³-hybridized carbons (Fsp3) is 0.571. The molecule has 0 saturated carbocycles. The first-order chi connectivity index (χ1) is 10.4. The molecule has 2 nitrogen and oxygen atoms in total. The van der Waals surface area contributed by atoms with E-state index in [4.69, 9.17) is 0 Å². The van der Waals surface area contributed by atoms with Crippen molar-refractivity contribution < 1.29 is 34.8 Å². The van der Waals surface area contributed by atoms with Gasteiger partial charge in [-0.2, -0.15) is 26.3 Å². The van der Waals surface area contributed by atoms with Gasteiger partial charge in [-0.15, -0.1) is 0 Å². The molecule has 0 aliphatic heterocycles. The van der Waals surface area contributed by atoms with E-state index >= 15 is 0 Å². The third kappa shape index (κ3) is 6.04. The fourth-order valence-electron chi connectivity index (χ4n) is 2.17. The average Bonchev–Trinajstić information content (AvgIpc) is 2.41. The summed E-state index contributed by atoms with van der Waals surface area (Å²) in [5.74, 6) is -1.12. The molecule has 1 aromatic rings. The van der Waals surface area contributed by atoms with E-state index in [1.807, 2.05) is 0 Å². The van der Waals surface area contributed by atoms with Gasteiger partial charge in [-0.25, -0.2) is 8.42 Å². The molecule has 23 heavy (non-hydrogen) atoms. The van der Waals surface area contributed by atoms with Crippen LogP contribution in [0, 0.1) is 0 Å². The first-order valence-corrected chi connectivity index (χ1v) is 8.52. The lowest BCUT2D eigenvalue weighted by atomic mass is 10.0. The predicted octanol–water partition coefficient (Wildman–Crippen LogP) is 4.39. The first-order valence-electron chi connectivity index (χ1n) is 6.80. The zero-order valence-corrected chi connectivity index (χ0v) is 13.0. The molecule has 132 valence electrons. The van der Waals surface area contributed by atoms with E-state index in [0.29, 0.717) is 0 Å². The minimum atomic E-state index is -4.65. The smallest absolute Gasteiger partial charge is 0.229 e. The van der Waals surface area contributed by atoms with Crippen LogP contribution < -0.4 is 0 Å². The maximum atomic E-state index is 12.9. The van der Waals surface area contributed by atoms with Crippen molar-refractivity contribution in [1.82, 2.24) is 0 Å². The van der Waals surface area contributed by atoms with E-state index in [1.165, 1.54) is 19.1 Å². The normalized spacial score (nSPS) is 14.7. The SMILES string of the molecule is CCC(Cc1ccccc1C(F)(F)F)S(=O)(=O)CCC(F)(F)F. The number of alkyl halides is 6. The summed E-state index contributed by atoms with van der Waals surface area (Å²) < 4.78 is 99.3. The Balaban J connectivity index is 3.01. The number of halogens is 6. The van der Waals surface area contributed by atoms with Gasteiger partial charge in [0.2, 0.25) is 0 Å². The third-order valence-corrected chi connectivity index (χ3v) is 5.69. The Labute approximate surface area is 130 Å². The zero-order valence-electron chi connectivity index (χ0n) is 12.2. The van der Waals surface area contributed by atoms with E-state index in [1.54, 1.807) is 0 Å². The molecular formula is C14H16F6O2S. The minimum Gasteiger partial charge on any atom is -0.229 e. The van der Waals surface area contributed by atoms with Gasteiger partial charge >= 0.3 is 12.4 Å². The van der Waals surface area contributed by atoms with Crippen LogP contribution in [0.25, 0.3) is 0 Å². The van der Waals surface area contributed by atoms with Crippen LogP contribution in [-0.2, 0) is 22.4 Å². The summed E-state index contributed by atoms with van der Waals surface area (Å²) >= 11 is 0. The lowest BCUT2D eigenvalue weighted by Gasteiger charge is -2.19. The monoisotopic (exact) mass is 362 g/mol. The molecule has 0 bridgehead atoms. The van der Waals surface area contributed by atoms with Gasteiger partial charge in [-0.3, -0.25) is 0 Å². The second kappa shape index (κ2) is 7.11. The Morgan fingerprint density at radius 3 is 2.09 bits per heavy atom. The highest BCUT2D eigenvalue weighted by Crippen LogP contribution is 2.33. The molecule has 0 N–H and O–H groups in total. The molecule has 0 saturated heterocycles. The van der Waals surface area contributed by atoms with Gasteiger partial charge in [0.25, 0.3) is 0 Å². The Morgan fingerprint density at radius 2 is 1.61 bits per heavy atom. The number of benzene rings is 1. The molecule has 9 heteroatoms. The topological polar surface area (TPSA) is 34.1 Å². The molecule has 0 amide bonds. The predicted molar refractivity (Wildman–Crippen MR) is 73.7 cm³/mol. The maximum Gasteiger partial charge on any atom is 0.416 e. The molecule has 0 radical (unpaired) electrons. The summed E-state index contributed by atoms with van der Waals surface area (Å²) in [5.41, 5.74) is -1.20. The van der Waals surface area contributed by atoms with Crippen molar-refractivity contribution in [3.8, 4) is 0 Å². The van der Waals surface area contributed by atoms with Gasteiger partial charge in [0.1, 0.15) is 0 Å². The van der Waals surface area contributed by atoms with Gasteiger partial charge in [0.05, 0.1) is 23.0 Å². The summed E-state index contributed by atoms with van der Waals surface area (Å²) in [4.78, 5) is 0. The van der Waals surface area contributed by atoms with Crippen molar-refractivity contribution in [1.29, 1.82) is 0 Å². The molecule has 1 rings (SSSR count). The van der Waals surface area contributed by atoms with Crippen molar-refractivity contribution in [2.75, 3.05) is 5.75 Å². The van der Waals surface area contributed by atoms with Crippen LogP contribution in [0.5, 0.6) is 0 Å². The summed E-state index contributed by atoms with van der Waals surface area (Å²) in [6.07, 6.45) is -11.3. The van der Waals surface area contributed by atoms with E-state index in [-0.39, 0.29) is 12.0 Å². The number of hydrogen-bond acceptors (Lipinski definition) is 2. The summed E-state index contributed by atoms with van der Waals surface area (Å²) in [5, 5.41) is -1.28. The summed E-state index contributed by atoms with van der Waals surface area (Å²) in [7, 11) is -4.15. The molecule has 0 fully saturated rings. The minimum absolute atomic E-state index is 0.0631. The third-order valence-electron chi connectivity index (χ3n) is 3.40. The fourth-order valence-corrected chi connectivity index (χ4v) is 3.96. The zero-order chi connectivity index (χ0) is 17.9. The largest absolute Gasteiger partial charge is 0.416 e. The highest BCUT2D eigenvalue weighted by Gasteiger charge is 2.36. The molecule has 0 aliphatic carbocycles. The number of hydrogen-bond donors (Lipinski definition) is 0. The maximum absolute atomic E-state index is 12.9. The standard InChI is InChI=1S/C14H16F6O2S/c1-2-11(23(21,22)8-7-13(15,16)17)9-10-5-3-4-6-12(10)14(18,19)20/h3-6,11H,2,7-9H2,1H3. The van der Waals surface area contributed by atoms with Crippen molar-refractivity contribution in [2.24, 2.45) is 0 Å². The molecular weight excluding hydrogens is 346 g/mol. The van der Waals surface area contributed by atoms with Crippen molar-refractivity contribution >= 4 is 9.84 Å². The van der Waals surface area contributed by atoms with Crippen LogP contribution in [0.2, 0.25) is 0 Å². The van der Waals surface area contributed by atoms with Crippen LogP contribution in [0.1, 0.15) is 30.9 Å². The van der Waals surface area contributed by atoms with E-state index in [0.717, 1.165) is 12.1 Å². The number of rotatable bonds is 6. The second-order valence-electron chi connectivity index (χ2n) is 5.12. The van der Waals surface area contributed by atoms with Crippen molar-refractivity contribution in [3.05, 3.63) is 35.4 Å². The quantitative estimate of drug-likeness (QED) is 0.703. The van der Waals surface area contributed by atoms with Crippen LogP contribution >= 0.6 is 0 Å². The Kier molecular flexibility index (Phi) is 6.12. The molecule has 0 aliphatic rings. The van der Waals surface area contributed by atoms with Crippen molar-refractivity contribution in [3.63, 3.8) is 0 Å². The Hall–Kier alpha value is -1.25. The van der Waals surface area contributed by atoms with Crippen molar-refractivity contribution in [2.45, 2.75) is 43.8 Å². The van der Waals surface area contributed by atoms with Gasteiger partial charge in [-0.1, -0.05) is 25.1 Å². The van der Waals surface area contributed by atoms with Crippen LogP contribution in [0.3, 0.4) is 0 Å². The van der Waals surface area contributed by atoms with E-state index in [9.17, 15) is 34.8 Å². The molecule has 1 aromatic carbocycles. The van der Waals surface area contributed by atoms with Gasteiger partial charge in [0, 0.05) is 0 Å². The van der Waals surface area contributed by atoms with Crippen LogP contribution in [0.15, 0.2) is 24.3 Å². The van der Waals surface area contributed by atoms with Crippen LogP contribution in [0.4, 0.5) is 26.3 Å². The Morgan fingerprint density at radius 1 is 1.04 bits per heavy atom. The molecule has 1 atom stereocenters. The van der Waals surface area contributed by atoms with E-state index in [2.05, 4.69) is 0 Å². The molecule has 0 spiro atoms. The average molecular weight is 362 g/mol. The highest BCUT2D eigenvalue weighted by atomic mass is 32.2. The lowest BCUT2D eigenvalue weighted by molar-refractivity contribution is -0.138.